The van der Waals surface area contributed by atoms with Crippen molar-refractivity contribution in [2.75, 3.05) is 50.8 Å². The molecule has 2 aromatic heterocycles. The van der Waals surface area contributed by atoms with Crippen LogP contribution in [0.5, 0.6) is 0 Å². The van der Waals surface area contributed by atoms with Gasteiger partial charge in [0.05, 0.1) is 12.0 Å². The van der Waals surface area contributed by atoms with E-state index in [0.717, 1.165) is 75.8 Å². The Morgan fingerprint density at radius 2 is 1.88 bits per heavy atom. The monoisotopic (exact) mass is 479 g/mol. The van der Waals surface area contributed by atoms with Crippen LogP contribution in [0.2, 0.25) is 0 Å². The van der Waals surface area contributed by atoms with Crippen molar-refractivity contribution in [2.24, 2.45) is 17.6 Å². The lowest BCUT2D eigenvalue weighted by atomic mass is 9.97. The van der Waals surface area contributed by atoms with E-state index in [9.17, 15) is 4.79 Å². The molecule has 5 rings (SSSR count). The van der Waals surface area contributed by atoms with Crippen molar-refractivity contribution in [1.29, 1.82) is 0 Å². The Kier molecular flexibility index (Phi) is 7.37. The molecule has 8 heteroatoms. The van der Waals surface area contributed by atoms with Crippen LogP contribution in [0.4, 0.5) is 5.82 Å². The summed E-state index contributed by atoms with van der Waals surface area (Å²) >= 11 is 1.69. The van der Waals surface area contributed by atoms with E-state index in [1.54, 1.807) is 17.7 Å². The summed E-state index contributed by atoms with van der Waals surface area (Å²) in [6, 6.07) is 10.5. The number of anilines is 1. The van der Waals surface area contributed by atoms with E-state index in [0.29, 0.717) is 18.3 Å². The summed E-state index contributed by atoms with van der Waals surface area (Å²) in [6.07, 6.45) is 5.49. The molecular formula is C26H33N5O2S. The predicted octanol–water partition coefficient (Wildman–Crippen LogP) is 3.79. The quantitative estimate of drug-likeness (QED) is 0.470. The molecule has 0 spiro atoms. The largest absolute Gasteiger partial charge is 0.380 e. The first-order valence-electron chi connectivity index (χ1n) is 12.3. The Hall–Kier alpha value is -2.55. The lowest BCUT2D eigenvalue weighted by Gasteiger charge is -2.33. The molecular weight excluding hydrogens is 446 g/mol. The van der Waals surface area contributed by atoms with Crippen LogP contribution in [0.1, 0.15) is 25.7 Å². The lowest BCUT2D eigenvalue weighted by Crippen LogP contribution is -2.36. The summed E-state index contributed by atoms with van der Waals surface area (Å²) in [7, 11) is 0. The molecule has 34 heavy (non-hydrogen) atoms. The number of carbonyl (C=O) groups is 1. The van der Waals surface area contributed by atoms with Gasteiger partial charge in [-0.25, -0.2) is 9.97 Å². The van der Waals surface area contributed by atoms with Gasteiger partial charge in [0, 0.05) is 50.2 Å². The zero-order chi connectivity index (χ0) is 23.3. The molecule has 2 fully saturated rings. The van der Waals surface area contributed by atoms with Crippen molar-refractivity contribution < 1.29 is 9.53 Å². The van der Waals surface area contributed by atoms with Crippen LogP contribution in [0.25, 0.3) is 21.3 Å². The van der Waals surface area contributed by atoms with Gasteiger partial charge in [-0.3, -0.25) is 4.79 Å². The number of nitrogens with zero attached hydrogens (tertiary/aromatic N) is 4. The summed E-state index contributed by atoms with van der Waals surface area (Å²) in [6.45, 7) is 6.50. The minimum absolute atomic E-state index is 0.188. The molecule has 2 N–H and O–H groups in total. The second kappa shape index (κ2) is 10.8. The van der Waals surface area contributed by atoms with Crippen LogP contribution < -0.4 is 10.6 Å². The van der Waals surface area contributed by atoms with E-state index in [-0.39, 0.29) is 5.91 Å². The molecule has 0 saturated carbocycles. The summed E-state index contributed by atoms with van der Waals surface area (Å²) in [5, 5.41) is 3.38. The normalized spacial score (nSPS) is 19.8. The molecule has 1 unspecified atom stereocenters. The number of thiophene rings is 1. The number of aromatic nitrogens is 2. The second-order valence-corrected chi connectivity index (χ2v) is 10.4. The third-order valence-corrected chi connectivity index (χ3v) is 8.00. The van der Waals surface area contributed by atoms with Gasteiger partial charge in [0.2, 0.25) is 5.91 Å². The van der Waals surface area contributed by atoms with Gasteiger partial charge in [-0.05, 0) is 43.2 Å². The topological polar surface area (TPSA) is 84.6 Å². The number of fused-ring (bicyclic) bond motifs is 1. The van der Waals surface area contributed by atoms with E-state index < -0.39 is 0 Å². The smallest absolute Gasteiger partial charge is 0.217 e. The fourth-order valence-corrected chi connectivity index (χ4v) is 6.16. The first kappa shape index (κ1) is 23.2. The molecule has 180 valence electrons. The third-order valence-electron chi connectivity index (χ3n) is 7.11. The number of benzene rings is 1. The number of likely N-dealkylation sites (tertiary alicyclic amines) is 1. The molecule has 0 aliphatic carbocycles. The Labute approximate surface area is 204 Å². The number of primary amides is 1. The van der Waals surface area contributed by atoms with E-state index in [1.807, 2.05) is 6.07 Å². The van der Waals surface area contributed by atoms with Gasteiger partial charge in [0.15, 0.2) is 0 Å². The van der Waals surface area contributed by atoms with Gasteiger partial charge in [-0.1, -0.05) is 30.3 Å². The SMILES string of the molecule is NC(=O)CC1CCN(CCOCC2CCN(c3ncnc4scc(-c5ccccc5)c34)CC2)C1. The fraction of sp³-hybridized carbons (Fsp3) is 0.500. The van der Waals surface area contributed by atoms with Crippen LogP contribution >= 0.6 is 11.3 Å². The van der Waals surface area contributed by atoms with Gasteiger partial charge in [0.25, 0.3) is 0 Å². The summed E-state index contributed by atoms with van der Waals surface area (Å²) < 4.78 is 6.05. The minimum atomic E-state index is -0.188. The molecule has 2 aliphatic rings. The molecule has 0 radical (unpaired) electrons. The van der Waals surface area contributed by atoms with Gasteiger partial charge >= 0.3 is 0 Å². The van der Waals surface area contributed by atoms with Crippen LogP contribution in [0.3, 0.4) is 0 Å². The number of ether oxygens (including phenoxy) is 1. The number of hydrogen-bond acceptors (Lipinski definition) is 7. The van der Waals surface area contributed by atoms with Crippen LogP contribution in [0.15, 0.2) is 42.0 Å². The number of piperidine rings is 1. The maximum absolute atomic E-state index is 11.1. The van der Waals surface area contributed by atoms with E-state index in [2.05, 4.69) is 44.4 Å². The van der Waals surface area contributed by atoms with E-state index >= 15 is 0 Å². The average Bonchev–Trinajstić information content (AvgIpc) is 3.49. The van der Waals surface area contributed by atoms with Crippen LogP contribution in [-0.4, -0.2) is 66.7 Å². The predicted molar refractivity (Wildman–Crippen MR) is 137 cm³/mol. The standard InChI is InChI=1S/C26H33N5O2S/c27-23(32)14-20-6-9-30(15-20)12-13-33-16-19-7-10-31(11-8-19)25-24-22(21-4-2-1-3-5-21)17-34-26(24)29-18-28-25/h1-5,17-20H,6-16H2,(H2,27,32). The van der Waals surface area contributed by atoms with Crippen LogP contribution in [0, 0.1) is 11.8 Å². The van der Waals surface area contributed by atoms with Crippen molar-refractivity contribution >= 4 is 33.3 Å². The number of hydrogen-bond donors (Lipinski definition) is 1. The highest BCUT2D eigenvalue weighted by Gasteiger charge is 2.25. The van der Waals surface area contributed by atoms with Crippen molar-refractivity contribution in [1.82, 2.24) is 14.9 Å². The molecule has 2 saturated heterocycles. The number of nitrogens with two attached hydrogens (primary N) is 1. The fourth-order valence-electron chi connectivity index (χ4n) is 5.25. The van der Waals surface area contributed by atoms with Gasteiger partial charge in [-0.2, -0.15) is 0 Å². The van der Waals surface area contributed by atoms with Gasteiger partial charge in [-0.15, -0.1) is 11.3 Å². The Bertz CT molecular complexity index is 1100. The highest BCUT2D eigenvalue weighted by molar-refractivity contribution is 7.17. The Morgan fingerprint density at radius 3 is 2.68 bits per heavy atom. The Balaban J connectivity index is 1.12. The Morgan fingerprint density at radius 1 is 1.09 bits per heavy atom. The number of amides is 1. The molecule has 4 heterocycles. The maximum Gasteiger partial charge on any atom is 0.217 e. The van der Waals surface area contributed by atoms with Crippen molar-refractivity contribution in [2.45, 2.75) is 25.7 Å². The summed E-state index contributed by atoms with van der Waals surface area (Å²) in [5.74, 6) is 1.88. The van der Waals surface area contributed by atoms with Crippen molar-refractivity contribution in [3.63, 3.8) is 0 Å². The number of rotatable bonds is 9. The maximum atomic E-state index is 11.1. The molecule has 1 amide bonds. The minimum Gasteiger partial charge on any atom is -0.380 e. The van der Waals surface area contributed by atoms with Crippen molar-refractivity contribution in [3.8, 4) is 11.1 Å². The lowest BCUT2D eigenvalue weighted by molar-refractivity contribution is -0.118. The molecule has 1 aromatic carbocycles. The highest BCUT2D eigenvalue weighted by Crippen LogP contribution is 2.38. The molecule has 7 nitrogen and oxygen atoms in total. The van der Waals surface area contributed by atoms with Gasteiger partial charge in [0.1, 0.15) is 17.0 Å². The average molecular weight is 480 g/mol. The first-order chi connectivity index (χ1) is 16.7. The first-order valence-corrected chi connectivity index (χ1v) is 13.2. The third kappa shape index (κ3) is 5.40. The zero-order valence-corrected chi connectivity index (χ0v) is 20.4. The second-order valence-electron chi connectivity index (χ2n) is 9.52. The van der Waals surface area contributed by atoms with Crippen LogP contribution in [-0.2, 0) is 9.53 Å². The highest BCUT2D eigenvalue weighted by atomic mass is 32.1. The van der Waals surface area contributed by atoms with Gasteiger partial charge < -0.3 is 20.3 Å². The zero-order valence-electron chi connectivity index (χ0n) is 19.6. The molecule has 1 atom stereocenters. The van der Waals surface area contributed by atoms with E-state index in [1.165, 1.54) is 16.5 Å². The molecule has 2 aliphatic heterocycles. The molecule has 0 bridgehead atoms. The summed E-state index contributed by atoms with van der Waals surface area (Å²) in [5.41, 5.74) is 7.77. The van der Waals surface area contributed by atoms with Crippen molar-refractivity contribution in [3.05, 3.63) is 42.0 Å². The summed E-state index contributed by atoms with van der Waals surface area (Å²) in [4.78, 5) is 26.2. The van der Waals surface area contributed by atoms with E-state index in [4.69, 9.17) is 15.5 Å². The molecule has 3 aromatic rings. The number of carbonyl (C=O) groups excluding carboxylic acids is 1.